The van der Waals surface area contributed by atoms with Gasteiger partial charge in [-0.1, -0.05) is 48.6 Å². The van der Waals surface area contributed by atoms with Crippen LogP contribution < -0.4 is 5.32 Å². The fraction of sp³-hybridized carbons (Fsp3) is 0.476. The van der Waals surface area contributed by atoms with E-state index in [4.69, 9.17) is 4.74 Å². The molecule has 0 radical (unpaired) electrons. The van der Waals surface area contributed by atoms with Gasteiger partial charge in [0.25, 0.3) is 0 Å². The van der Waals surface area contributed by atoms with E-state index in [0.29, 0.717) is 0 Å². The maximum Gasteiger partial charge on any atom is 0.408 e. The van der Waals surface area contributed by atoms with Gasteiger partial charge in [-0.3, -0.25) is 0 Å². The van der Waals surface area contributed by atoms with Crippen molar-refractivity contribution in [1.29, 1.82) is 0 Å². The lowest BCUT2D eigenvalue weighted by Gasteiger charge is -2.23. The molecule has 0 fully saturated rings. The lowest BCUT2D eigenvalue weighted by molar-refractivity contribution is 0.0504. The zero-order valence-electron chi connectivity index (χ0n) is 16.5. The molecule has 0 spiro atoms. The summed E-state index contributed by atoms with van der Waals surface area (Å²) >= 11 is 0. The summed E-state index contributed by atoms with van der Waals surface area (Å²) in [6.45, 7) is 12.6. The van der Waals surface area contributed by atoms with Crippen LogP contribution in [0, 0.1) is 0 Å². The van der Waals surface area contributed by atoms with Crippen molar-refractivity contribution in [3.63, 3.8) is 0 Å². The lowest BCUT2D eigenvalue weighted by Crippen LogP contribution is -2.34. The highest BCUT2D eigenvalue weighted by Gasteiger charge is 2.19. The molecule has 1 amide bonds. The number of alkyl carbamates (subject to hydrolysis) is 1. The monoisotopic (exact) mass is 362 g/mol. The van der Waals surface area contributed by atoms with Crippen LogP contribution >= 0.6 is 7.26 Å². The van der Waals surface area contributed by atoms with Crippen molar-refractivity contribution in [3.8, 4) is 0 Å². The average molecular weight is 362 g/mol. The van der Waals surface area contributed by atoms with Gasteiger partial charge in [-0.2, -0.15) is 0 Å². The number of amides is 1. The first-order valence-corrected chi connectivity index (χ1v) is 12.0. The minimum absolute atomic E-state index is 0.101. The van der Waals surface area contributed by atoms with Crippen LogP contribution in [0.4, 0.5) is 4.79 Å². The van der Waals surface area contributed by atoms with Gasteiger partial charge in [0.1, 0.15) is 5.60 Å². The molecule has 0 saturated heterocycles. The molecule has 0 heterocycles. The van der Waals surface area contributed by atoms with Crippen LogP contribution in [0.25, 0.3) is 0 Å². The second kappa shape index (κ2) is 9.77. The number of nitrogens with one attached hydrogen (secondary N) is 1. The molecule has 1 atom stereocenters. The van der Waals surface area contributed by atoms with Gasteiger partial charge in [0.2, 0.25) is 0 Å². The Balaban J connectivity index is 2.68. The number of rotatable bonds is 7. The van der Waals surface area contributed by atoms with Crippen molar-refractivity contribution in [2.75, 3.05) is 26.2 Å². The third-order valence-corrected chi connectivity index (χ3v) is 4.61. The fourth-order valence-corrected chi connectivity index (χ4v) is 2.92. The Kier molecular flexibility index (Phi) is 8.38. The number of allylic oxidation sites excluding steroid dienone is 3. The molecule has 1 rings (SSSR count). The van der Waals surface area contributed by atoms with E-state index >= 15 is 0 Å². The zero-order chi connectivity index (χ0) is 18.9. The molecule has 25 heavy (non-hydrogen) atoms. The molecule has 0 aliphatic carbocycles. The first-order valence-electron chi connectivity index (χ1n) is 8.73. The number of ether oxygens (including phenoxy) is 1. The van der Waals surface area contributed by atoms with Crippen molar-refractivity contribution in [1.82, 2.24) is 5.32 Å². The molecule has 1 N–H and O–H groups in total. The van der Waals surface area contributed by atoms with Gasteiger partial charge in [0.15, 0.2) is 0 Å². The van der Waals surface area contributed by atoms with E-state index in [0.717, 1.165) is 18.1 Å². The Morgan fingerprint density at radius 2 is 1.72 bits per heavy atom. The van der Waals surface area contributed by atoms with Gasteiger partial charge in [0, 0.05) is 27.3 Å². The number of carbonyl (C=O) groups excluding carboxylic acids is 1. The molecule has 138 valence electrons. The molecule has 1 unspecified atom stereocenters. The first kappa shape index (κ1) is 21.4. The Morgan fingerprint density at radius 3 is 2.28 bits per heavy atom. The number of benzene rings is 1. The molecule has 0 bridgehead atoms. The molecule has 1 aromatic carbocycles. The topological polar surface area (TPSA) is 38.3 Å². The predicted molar refractivity (Wildman–Crippen MR) is 111 cm³/mol. The Morgan fingerprint density at radius 1 is 1.12 bits per heavy atom. The number of hydrogen-bond donors (Lipinski definition) is 1. The second-order valence-corrected chi connectivity index (χ2v) is 13.1. The van der Waals surface area contributed by atoms with Crippen LogP contribution in [0.1, 0.15) is 38.8 Å². The summed E-state index contributed by atoms with van der Waals surface area (Å²) in [5.74, 6) is 0. The number of carbonyl (C=O) groups is 1. The Labute approximate surface area is 153 Å². The van der Waals surface area contributed by atoms with Gasteiger partial charge in [-0.05, 0) is 38.8 Å². The summed E-state index contributed by atoms with van der Waals surface area (Å²) in [6.07, 6.45) is 9.95. The molecular weight excluding hydrogens is 329 g/mol. The molecule has 1 aromatic rings. The molecule has 0 saturated carbocycles. The van der Waals surface area contributed by atoms with Crippen molar-refractivity contribution < 1.29 is 9.53 Å². The van der Waals surface area contributed by atoms with Gasteiger partial charge in [-0.15, -0.1) is 0 Å². The van der Waals surface area contributed by atoms with Crippen LogP contribution in [-0.2, 0) is 4.74 Å². The van der Waals surface area contributed by atoms with Crippen molar-refractivity contribution >= 4 is 13.4 Å². The molecule has 0 aliphatic heterocycles. The van der Waals surface area contributed by atoms with E-state index in [2.05, 4.69) is 49.6 Å². The SMILES string of the molecule is CC(C)(C)OC(=O)NC(CC=CC=CC[P+](C)(C)C)c1ccccc1. The van der Waals surface area contributed by atoms with Crippen LogP contribution in [0.3, 0.4) is 0 Å². The van der Waals surface area contributed by atoms with E-state index in [1.807, 2.05) is 51.1 Å². The summed E-state index contributed by atoms with van der Waals surface area (Å²) < 4.78 is 5.39. The zero-order valence-corrected chi connectivity index (χ0v) is 17.3. The van der Waals surface area contributed by atoms with Crippen LogP contribution in [0.5, 0.6) is 0 Å². The van der Waals surface area contributed by atoms with Gasteiger partial charge >= 0.3 is 6.09 Å². The molecular formula is C21H33NO2P+. The summed E-state index contributed by atoms with van der Waals surface area (Å²) in [4.78, 5) is 12.1. The first-order chi connectivity index (χ1) is 11.6. The van der Waals surface area contributed by atoms with E-state index in [1.54, 1.807) is 0 Å². The van der Waals surface area contributed by atoms with Crippen molar-refractivity contribution in [2.24, 2.45) is 0 Å². The summed E-state index contributed by atoms with van der Waals surface area (Å²) in [5, 5.41) is 2.97. The standard InChI is InChI=1S/C21H32NO2P/c1-21(2,3)24-20(23)22-19(18-14-10-9-11-15-18)16-12-7-8-13-17-25(4,5)6/h7-15,19H,16-17H2,1-6H3/p+1. The van der Waals surface area contributed by atoms with Gasteiger partial charge in [0.05, 0.1) is 12.2 Å². The smallest absolute Gasteiger partial charge is 0.408 e. The highest BCUT2D eigenvalue weighted by Crippen LogP contribution is 2.46. The average Bonchev–Trinajstić information content (AvgIpc) is 2.47. The van der Waals surface area contributed by atoms with Crippen molar-refractivity contribution in [2.45, 2.75) is 38.8 Å². The van der Waals surface area contributed by atoms with Gasteiger partial charge in [-0.25, -0.2) is 4.79 Å². The van der Waals surface area contributed by atoms with Crippen LogP contribution in [0.2, 0.25) is 0 Å². The lowest BCUT2D eigenvalue weighted by atomic mass is 10.0. The Bertz CT molecular complexity index is 580. The van der Waals surface area contributed by atoms with Gasteiger partial charge < -0.3 is 10.1 Å². The highest BCUT2D eigenvalue weighted by molar-refractivity contribution is 7.73. The third kappa shape index (κ3) is 10.8. The molecule has 4 heteroatoms. The summed E-state index contributed by atoms with van der Waals surface area (Å²) in [7, 11) is -0.764. The predicted octanol–water partition coefficient (Wildman–Crippen LogP) is 5.66. The summed E-state index contributed by atoms with van der Waals surface area (Å²) in [5.41, 5.74) is 0.572. The van der Waals surface area contributed by atoms with Crippen LogP contribution in [-0.4, -0.2) is 37.9 Å². The van der Waals surface area contributed by atoms with E-state index in [-0.39, 0.29) is 12.1 Å². The largest absolute Gasteiger partial charge is 0.444 e. The molecule has 3 nitrogen and oxygen atoms in total. The second-order valence-electron chi connectivity index (χ2n) is 8.17. The maximum atomic E-state index is 12.1. The van der Waals surface area contributed by atoms with E-state index in [9.17, 15) is 4.79 Å². The normalized spacial score (nSPS) is 14.0. The third-order valence-electron chi connectivity index (χ3n) is 3.30. The summed E-state index contributed by atoms with van der Waals surface area (Å²) in [6, 6.07) is 9.88. The maximum absolute atomic E-state index is 12.1. The highest BCUT2D eigenvalue weighted by atomic mass is 31.2. The Hall–Kier alpha value is -1.60. The fourth-order valence-electron chi connectivity index (χ4n) is 2.16. The molecule has 0 aromatic heterocycles. The van der Waals surface area contributed by atoms with Crippen LogP contribution in [0.15, 0.2) is 54.6 Å². The quantitative estimate of drug-likeness (QED) is 0.502. The minimum Gasteiger partial charge on any atom is -0.444 e. The number of hydrogen-bond acceptors (Lipinski definition) is 2. The van der Waals surface area contributed by atoms with Crippen molar-refractivity contribution in [3.05, 3.63) is 60.2 Å². The van der Waals surface area contributed by atoms with E-state index < -0.39 is 12.9 Å². The molecule has 0 aliphatic rings. The van der Waals surface area contributed by atoms with E-state index in [1.165, 1.54) is 0 Å². The minimum atomic E-state index is -0.764.